The van der Waals surface area contributed by atoms with Crippen molar-refractivity contribution in [2.24, 2.45) is 0 Å². The number of fused-ring (bicyclic) bond motifs is 2. The maximum Gasteiger partial charge on any atom is 0.231 e. The predicted molar refractivity (Wildman–Crippen MR) is 117 cm³/mol. The highest BCUT2D eigenvalue weighted by atomic mass is 32.1. The van der Waals surface area contributed by atoms with Crippen LogP contribution in [0.25, 0.3) is 21.3 Å². The van der Waals surface area contributed by atoms with E-state index in [4.69, 9.17) is 15.2 Å². The van der Waals surface area contributed by atoms with Gasteiger partial charge in [-0.2, -0.15) is 0 Å². The summed E-state index contributed by atoms with van der Waals surface area (Å²) in [6.07, 6.45) is -0.902. The molecule has 0 bridgehead atoms. The number of thiazole rings is 1. The number of aromatic nitrogens is 1. The van der Waals surface area contributed by atoms with Gasteiger partial charge >= 0.3 is 0 Å². The van der Waals surface area contributed by atoms with Gasteiger partial charge in [-0.25, -0.2) is 9.37 Å². The number of halogens is 1. The van der Waals surface area contributed by atoms with Crippen molar-refractivity contribution >= 4 is 26.7 Å². The number of hydrogen-bond donors (Lipinski definition) is 2. The van der Waals surface area contributed by atoms with Gasteiger partial charge in [-0.1, -0.05) is 43.4 Å². The lowest BCUT2D eigenvalue weighted by molar-refractivity contribution is 0.174. The monoisotopic (exact) mass is 424 g/mol. The summed E-state index contributed by atoms with van der Waals surface area (Å²) in [6, 6.07) is 15.2. The molecule has 0 amide bonds. The molecule has 1 aliphatic heterocycles. The Balaban J connectivity index is 0.00000106. The Kier molecular flexibility index (Phi) is 5.57. The zero-order chi connectivity index (χ0) is 21.3. The summed E-state index contributed by atoms with van der Waals surface area (Å²) in [6.45, 7) is 4.20. The second-order valence-corrected chi connectivity index (χ2v) is 7.55. The fourth-order valence-electron chi connectivity index (χ4n) is 3.35. The van der Waals surface area contributed by atoms with Crippen LogP contribution in [-0.2, 0) is 0 Å². The molecule has 1 unspecified atom stereocenters. The largest absolute Gasteiger partial charge is 0.454 e. The summed E-state index contributed by atoms with van der Waals surface area (Å²) in [4.78, 5) is 4.46. The highest BCUT2D eigenvalue weighted by molar-refractivity contribution is 7.22. The van der Waals surface area contributed by atoms with Crippen LogP contribution in [0, 0.1) is 5.82 Å². The Hall–Kier alpha value is -3.16. The summed E-state index contributed by atoms with van der Waals surface area (Å²) in [5, 5.41) is 11.3. The van der Waals surface area contributed by atoms with Crippen LogP contribution in [0.15, 0.2) is 54.6 Å². The molecule has 1 atom stereocenters. The fourth-order valence-corrected chi connectivity index (χ4v) is 4.16. The van der Waals surface area contributed by atoms with E-state index >= 15 is 0 Å². The molecule has 154 valence electrons. The van der Waals surface area contributed by atoms with E-state index in [-0.39, 0.29) is 12.6 Å². The number of hydrogen-bond acceptors (Lipinski definition) is 6. The first-order valence-electron chi connectivity index (χ1n) is 9.62. The number of nitrogens with two attached hydrogens (primary N) is 1. The molecule has 1 aliphatic rings. The van der Waals surface area contributed by atoms with Crippen LogP contribution in [0.2, 0.25) is 0 Å². The topological polar surface area (TPSA) is 77.6 Å². The summed E-state index contributed by atoms with van der Waals surface area (Å²) in [7, 11) is 0. The molecule has 0 spiro atoms. The third kappa shape index (κ3) is 3.69. The molecule has 3 N–H and O–H groups in total. The first kappa shape index (κ1) is 20.1. The van der Waals surface area contributed by atoms with Crippen LogP contribution < -0.4 is 15.2 Å². The second kappa shape index (κ2) is 8.30. The minimum absolute atomic E-state index is 0.196. The zero-order valence-electron chi connectivity index (χ0n) is 16.6. The second-order valence-electron chi connectivity index (χ2n) is 6.49. The third-order valence-corrected chi connectivity index (χ3v) is 5.55. The SMILES string of the molecule is CC.Nc1nc2c(-c3ccc4c(c3)OCO4)cc(C(O)c3ccc(F)cc3)cc2s1. The molecule has 0 fully saturated rings. The molecule has 3 aromatic carbocycles. The number of benzene rings is 3. The van der Waals surface area contributed by atoms with E-state index in [9.17, 15) is 9.50 Å². The molecule has 4 aromatic rings. The standard InChI is InChI=1S/C21H15FN2O3S.C2H6/c22-14-4-1-11(2-5-14)20(25)13-7-15(19-18(9-13)28-21(23)24-19)12-3-6-16-17(8-12)27-10-26-16;1-2/h1-9,20,25H,10H2,(H2,23,24);1-2H3. The van der Waals surface area contributed by atoms with Gasteiger partial charge in [-0.3, -0.25) is 0 Å². The van der Waals surface area contributed by atoms with Crippen LogP contribution in [0.3, 0.4) is 0 Å². The van der Waals surface area contributed by atoms with Crippen LogP contribution in [-0.4, -0.2) is 16.9 Å². The molecule has 5 nitrogen and oxygen atoms in total. The van der Waals surface area contributed by atoms with Crippen molar-refractivity contribution in [3.8, 4) is 22.6 Å². The highest BCUT2D eigenvalue weighted by Crippen LogP contribution is 2.41. The summed E-state index contributed by atoms with van der Waals surface area (Å²) in [5.41, 5.74) is 9.70. The van der Waals surface area contributed by atoms with Crippen molar-refractivity contribution in [2.45, 2.75) is 20.0 Å². The summed E-state index contributed by atoms with van der Waals surface area (Å²) in [5.74, 6) is 1.02. The molecule has 5 rings (SSSR count). The third-order valence-electron chi connectivity index (χ3n) is 4.72. The van der Waals surface area contributed by atoms with Crippen molar-refractivity contribution in [3.05, 3.63) is 71.5 Å². The smallest absolute Gasteiger partial charge is 0.231 e. The van der Waals surface area contributed by atoms with Crippen molar-refractivity contribution in [1.82, 2.24) is 4.98 Å². The zero-order valence-corrected chi connectivity index (χ0v) is 17.4. The lowest BCUT2D eigenvalue weighted by atomic mass is 9.96. The van der Waals surface area contributed by atoms with Gasteiger partial charge < -0.3 is 20.3 Å². The van der Waals surface area contributed by atoms with E-state index in [0.717, 1.165) is 21.3 Å². The maximum atomic E-state index is 13.2. The predicted octanol–water partition coefficient (Wildman–Crippen LogP) is 5.52. The van der Waals surface area contributed by atoms with Crippen molar-refractivity contribution in [3.63, 3.8) is 0 Å². The van der Waals surface area contributed by atoms with Crippen molar-refractivity contribution in [1.29, 1.82) is 0 Å². The van der Waals surface area contributed by atoms with E-state index in [1.165, 1.54) is 23.5 Å². The number of nitrogen functional groups attached to an aromatic ring is 1. The van der Waals surface area contributed by atoms with Gasteiger partial charge in [0.05, 0.1) is 10.2 Å². The molecule has 0 radical (unpaired) electrons. The van der Waals surface area contributed by atoms with Crippen LogP contribution in [0.5, 0.6) is 11.5 Å². The number of aliphatic hydroxyl groups excluding tert-OH is 1. The number of rotatable bonds is 3. The number of ether oxygens (including phenoxy) is 2. The molecular formula is C23H21FN2O3S. The number of aliphatic hydroxyl groups is 1. The lowest BCUT2D eigenvalue weighted by Gasteiger charge is -2.14. The molecular weight excluding hydrogens is 403 g/mol. The van der Waals surface area contributed by atoms with Crippen LogP contribution in [0.4, 0.5) is 9.52 Å². The Morgan fingerprint density at radius 1 is 1.00 bits per heavy atom. The molecule has 7 heteroatoms. The van der Waals surface area contributed by atoms with Crippen molar-refractivity contribution < 1.29 is 19.0 Å². The average molecular weight is 424 g/mol. The molecule has 1 aromatic heterocycles. The van der Waals surface area contributed by atoms with Crippen molar-refractivity contribution in [2.75, 3.05) is 12.5 Å². The average Bonchev–Trinajstić information content (AvgIpc) is 3.39. The summed E-state index contributed by atoms with van der Waals surface area (Å²) < 4.78 is 25.0. The van der Waals surface area contributed by atoms with E-state index in [2.05, 4.69) is 4.98 Å². The first-order valence-corrected chi connectivity index (χ1v) is 10.4. The Morgan fingerprint density at radius 2 is 1.73 bits per heavy atom. The number of anilines is 1. The normalized spacial score (nSPS) is 13.1. The number of nitrogens with zero attached hydrogens (tertiary/aromatic N) is 1. The van der Waals surface area contributed by atoms with Gasteiger partial charge in [-0.15, -0.1) is 0 Å². The lowest BCUT2D eigenvalue weighted by Crippen LogP contribution is -2.00. The molecule has 0 saturated carbocycles. The molecule has 2 heterocycles. The van der Waals surface area contributed by atoms with E-state index in [0.29, 0.717) is 27.8 Å². The minimum atomic E-state index is -0.902. The summed E-state index contributed by atoms with van der Waals surface area (Å²) >= 11 is 1.36. The van der Waals surface area contributed by atoms with Gasteiger partial charge in [0.2, 0.25) is 6.79 Å². The quantitative estimate of drug-likeness (QED) is 0.453. The van der Waals surface area contributed by atoms with Gasteiger partial charge in [0, 0.05) is 5.56 Å². The Labute approximate surface area is 177 Å². The van der Waals surface area contributed by atoms with Gasteiger partial charge in [0.15, 0.2) is 16.6 Å². The van der Waals surface area contributed by atoms with Gasteiger partial charge in [0.25, 0.3) is 0 Å². The first-order chi connectivity index (χ1) is 14.6. The van der Waals surface area contributed by atoms with Crippen LogP contribution >= 0.6 is 11.3 Å². The highest BCUT2D eigenvalue weighted by Gasteiger charge is 2.19. The van der Waals surface area contributed by atoms with E-state index in [1.807, 2.05) is 44.2 Å². The maximum absolute atomic E-state index is 13.2. The molecule has 0 aliphatic carbocycles. The van der Waals surface area contributed by atoms with Crippen LogP contribution in [0.1, 0.15) is 31.1 Å². The molecule has 0 saturated heterocycles. The Bertz CT molecular complexity index is 1190. The molecule has 30 heavy (non-hydrogen) atoms. The Morgan fingerprint density at radius 3 is 2.50 bits per heavy atom. The van der Waals surface area contributed by atoms with Gasteiger partial charge in [-0.05, 0) is 53.1 Å². The minimum Gasteiger partial charge on any atom is -0.454 e. The fraction of sp³-hybridized carbons (Fsp3) is 0.174. The van der Waals surface area contributed by atoms with E-state index in [1.54, 1.807) is 12.1 Å². The van der Waals surface area contributed by atoms with Gasteiger partial charge in [0.1, 0.15) is 11.9 Å². The van der Waals surface area contributed by atoms with E-state index < -0.39 is 6.10 Å².